The second-order valence-corrected chi connectivity index (χ2v) is 6.33. The van der Waals surface area contributed by atoms with Gasteiger partial charge in [0.25, 0.3) is 0 Å². The molecule has 23 heavy (non-hydrogen) atoms. The molecule has 0 saturated carbocycles. The number of likely N-dealkylation sites (tertiary alicyclic amines) is 1. The first-order valence-electron chi connectivity index (χ1n) is 8.25. The van der Waals surface area contributed by atoms with Gasteiger partial charge in [-0.15, -0.1) is 0 Å². The van der Waals surface area contributed by atoms with Crippen LogP contribution in [0.25, 0.3) is 0 Å². The largest absolute Gasteiger partial charge is 0.481 e. The van der Waals surface area contributed by atoms with Crippen LogP contribution in [0.3, 0.4) is 0 Å². The molecule has 3 nitrogen and oxygen atoms in total. The maximum atomic E-state index is 11.7. The molecule has 0 amide bonds. The molecule has 0 spiro atoms. The number of carboxylic acid groups (broad SMARTS) is 1. The summed E-state index contributed by atoms with van der Waals surface area (Å²) in [5.74, 6) is -0.944. The van der Waals surface area contributed by atoms with Crippen molar-refractivity contribution in [2.75, 3.05) is 13.1 Å². The molecular formula is C20H23NO2. The van der Waals surface area contributed by atoms with Crippen LogP contribution in [-0.4, -0.2) is 29.1 Å². The Morgan fingerprint density at radius 3 is 2.52 bits per heavy atom. The molecule has 3 rings (SSSR count). The highest BCUT2D eigenvalue weighted by atomic mass is 16.4. The van der Waals surface area contributed by atoms with Crippen LogP contribution in [0.1, 0.15) is 29.5 Å². The zero-order valence-corrected chi connectivity index (χ0v) is 13.5. The number of benzene rings is 2. The summed E-state index contributed by atoms with van der Waals surface area (Å²) < 4.78 is 0. The van der Waals surface area contributed by atoms with Crippen LogP contribution in [0, 0.1) is 5.92 Å². The molecule has 1 heterocycles. The molecule has 0 bridgehead atoms. The van der Waals surface area contributed by atoms with E-state index in [2.05, 4.69) is 42.2 Å². The Balaban J connectivity index is 1.79. The van der Waals surface area contributed by atoms with E-state index in [1.165, 1.54) is 11.1 Å². The second kappa shape index (κ2) is 6.97. The van der Waals surface area contributed by atoms with E-state index >= 15 is 0 Å². The molecule has 1 saturated heterocycles. The first kappa shape index (κ1) is 15.8. The van der Waals surface area contributed by atoms with Crippen molar-refractivity contribution in [3.8, 4) is 0 Å². The Hall–Kier alpha value is -2.13. The van der Waals surface area contributed by atoms with Crippen LogP contribution in [0.2, 0.25) is 0 Å². The van der Waals surface area contributed by atoms with E-state index in [1.54, 1.807) is 0 Å². The highest BCUT2D eigenvalue weighted by Gasteiger charge is 2.38. The fourth-order valence-corrected chi connectivity index (χ4v) is 3.49. The van der Waals surface area contributed by atoms with Crippen LogP contribution in [-0.2, 0) is 17.8 Å². The smallest absolute Gasteiger partial charge is 0.308 e. The molecule has 0 aromatic heterocycles. The van der Waals surface area contributed by atoms with Crippen LogP contribution in [0.5, 0.6) is 0 Å². The van der Waals surface area contributed by atoms with E-state index in [4.69, 9.17) is 0 Å². The van der Waals surface area contributed by atoms with Gasteiger partial charge >= 0.3 is 5.97 Å². The monoisotopic (exact) mass is 309 g/mol. The Kier molecular flexibility index (Phi) is 4.77. The molecule has 1 fully saturated rings. The molecule has 3 heteroatoms. The zero-order chi connectivity index (χ0) is 16.2. The summed E-state index contributed by atoms with van der Waals surface area (Å²) in [4.78, 5) is 14.0. The van der Waals surface area contributed by atoms with Gasteiger partial charge < -0.3 is 5.11 Å². The Bertz CT molecular complexity index is 668. The average molecular weight is 309 g/mol. The minimum atomic E-state index is -0.688. The van der Waals surface area contributed by atoms with Crippen molar-refractivity contribution in [1.82, 2.24) is 4.90 Å². The summed E-state index contributed by atoms with van der Waals surface area (Å²) in [6.07, 6.45) is 0.978. The minimum absolute atomic E-state index is 0.0720. The number of aliphatic carboxylic acids is 1. The molecular weight excluding hydrogens is 286 g/mol. The van der Waals surface area contributed by atoms with E-state index < -0.39 is 5.97 Å². The fourth-order valence-electron chi connectivity index (χ4n) is 3.49. The van der Waals surface area contributed by atoms with Crippen molar-refractivity contribution >= 4 is 5.97 Å². The van der Waals surface area contributed by atoms with E-state index in [0.29, 0.717) is 6.54 Å². The number of nitrogens with zero attached hydrogens (tertiary/aromatic N) is 1. The summed E-state index contributed by atoms with van der Waals surface area (Å²) in [6, 6.07) is 18.7. The standard InChI is InChI=1S/C20H23NO2/c1-2-15-9-6-10-17(11-15)18-13-21(14-19(18)20(22)23)12-16-7-4-3-5-8-16/h3-11,18-19H,2,12-14H2,1H3,(H,22,23)/t18-,19+/m1/s1. The quantitative estimate of drug-likeness (QED) is 0.918. The van der Waals surface area contributed by atoms with Gasteiger partial charge in [0.1, 0.15) is 0 Å². The highest BCUT2D eigenvalue weighted by molar-refractivity contribution is 5.72. The van der Waals surface area contributed by atoms with Gasteiger partial charge in [-0.25, -0.2) is 0 Å². The molecule has 120 valence electrons. The third kappa shape index (κ3) is 3.62. The van der Waals surface area contributed by atoms with Gasteiger partial charge in [0, 0.05) is 25.6 Å². The number of carbonyl (C=O) groups is 1. The van der Waals surface area contributed by atoms with Crippen molar-refractivity contribution in [2.24, 2.45) is 5.92 Å². The van der Waals surface area contributed by atoms with E-state index in [9.17, 15) is 9.90 Å². The third-order valence-electron chi connectivity index (χ3n) is 4.75. The predicted molar refractivity (Wildman–Crippen MR) is 91.4 cm³/mol. The predicted octanol–water partition coefficient (Wildman–Crippen LogP) is 3.55. The van der Waals surface area contributed by atoms with Gasteiger partial charge in [-0.05, 0) is 23.1 Å². The van der Waals surface area contributed by atoms with Gasteiger partial charge in [0.2, 0.25) is 0 Å². The number of aryl methyl sites for hydroxylation is 1. The second-order valence-electron chi connectivity index (χ2n) is 6.33. The van der Waals surface area contributed by atoms with Crippen molar-refractivity contribution in [2.45, 2.75) is 25.8 Å². The Labute approximate surface area is 137 Å². The maximum Gasteiger partial charge on any atom is 0.308 e. The number of hydrogen-bond acceptors (Lipinski definition) is 2. The van der Waals surface area contributed by atoms with E-state index in [-0.39, 0.29) is 11.8 Å². The van der Waals surface area contributed by atoms with Crippen LogP contribution >= 0.6 is 0 Å². The fraction of sp³-hybridized carbons (Fsp3) is 0.350. The molecule has 0 unspecified atom stereocenters. The molecule has 1 aliphatic heterocycles. The summed E-state index contributed by atoms with van der Waals surface area (Å²) in [5.41, 5.74) is 3.67. The minimum Gasteiger partial charge on any atom is -0.481 e. The average Bonchev–Trinajstić information content (AvgIpc) is 3.00. The first-order valence-corrected chi connectivity index (χ1v) is 8.25. The van der Waals surface area contributed by atoms with Gasteiger partial charge in [-0.3, -0.25) is 9.69 Å². The zero-order valence-electron chi connectivity index (χ0n) is 13.5. The molecule has 0 radical (unpaired) electrons. The van der Waals surface area contributed by atoms with Crippen molar-refractivity contribution in [1.29, 1.82) is 0 Å². The summed E-state index contributed by atoms with van der Waals surface area (Å²) in [5, 5.41) is 9.63. The third-order valence-corrected chi connectivity index (χ3v) is 4.75. The highest BCUT2D eigenvalue weighted by Crippen LogP contribution is 2.34. The van der Waals surface area contributed by atoms with E-state index in [0.717, 1.165) is 25.1 Å². The number of carboxylic acids is 1. The molecule has 1 N–H and O–H groups in total. The van der Waals surface area contributed by atoms with Crippen LogP contribution < -0.4 is 0 Å². The SMILES string of the molecule is CCc1cccc([C@H]2CN(Cc3ccccc3)C[C@@H]2C(=O)O)c1. The first-order chi connectivity index (χ1) is 11.2. The van der Waals surface area contributed by atoms with Crippen molar-refractivity contribution in [3.05, 3.63) is 71.3 Å². The van der Waals surface area contributed by atoms with Gasteiger partial charge in [0.05, 0.1) is 5.92 Å². The van der Waals surface area contributed by atoms with Gasteiger partial charge in [0.15, 0.2) is 0 Å². The van der Waals surface area contributed by atoms with Crippen LogP contribution in [0.15, 0.2) is 54.6 Å². The van der Waals surface area contributed by atoms with Gasteiger partial charge in [-0.1, -0.05) is 61.5 Å². The molecule has 2 atom stereocenters. The summed E-state index contributed by atoms with van der Waals surface area (Å²) in [6.45, 7) is 4.36. The van der Waals surface area contributed by atoms with Crippen molar-refractivity contribution in [3.63, 3.8) is 0 Å². The molecule has 2 aromatic carbocycles. The molecule has 1 aliphatic rings. The van der Waals surface area contributed by atoms with Gasteiger partial charge in [-0.2, -0.15) is 0 Å². The number of rotatable bonds is 5. The lowest BCUT2D eigenvalue weighted by molar-refractivity contribution is -0.141. The summed E-state index contributed by atoms with van der Waals surface area (Å²) >= 11 is 0. The maximum absolute atomic E-state index is 11.7. The molecule has 2 aromatic rings. The lowest BCUT2D eigenvalue weighted by atomic mass is 9.88. The lowest BCUT2D eigenvalue weighted by Crippen LogP contribution is -2.23. The number of hydrogen-bond donors (Lipinski definition) is 1. The van der Waals surface area contributed by atoms with Crippen LogP contribution in [0.4, 0.5) is 0 Å². The topological polar surface area (TPSA) is 40.5 Å². The normalized spacial score (nSPS) is 21.4. The Morgan fingerprint density at radius 1 is 1.09 bits per heavy atom. The van der Waals surface area contributed by atoms with E-state index in [1.807, 2.05) is 24.3 Å². The lowest BCUT2D eigenvalue weighted by Gasteiger charge is -2.17. The van der Waals surface area contributed by atoms with Crippen molar-refractivity contribution < 1.29 is 9.90 Å². The summed E-state index contributed by atoms with van der Waals surface area (Å²) in [7, 11) is 0. The Morgan fingerprint density at radius 2 is 1.83 bits per heavy atom. The molecule has 0 aliphatic carbocycles.